The zero-order valence-corrected chi connectivity index (χ0v) is 16.6. The number of carbonyl (C=O) groups is 1. The number of likely N-dealkylation sites (tertiary alicyclic amines) is 1. The van der Waals surface area contributed by atoms with E-state index in [0.717, 1.165) is 37.2 Å². The topological polar surface area (TPSA) is 67.8 Å². The zero-order chi connectivity index (χ0) is 19.5. The number of ether oxygens (including phenoxy) is 2. The highest BCUT2D eigenvalue weighted by Crippen LogP contribution is 2.28. The van der Waals surface area contributed by atoms with E-state index in [4.69, 9.17) is 14.5 Å². The molecule has 0 unspecified atom stereocenters. The molecule has 1 aromatic heterocycles. The van der Waals surface area contributed by atoms with E-state index in [2.05, 4.69) is 23.7 Å². The SMILES string of the molecule is C[C@H]1C[C@H](C)CN(C(=O)COc2nc3ccccc3nc2N2CCOCC2)C1. The van der Waals surface area contributed by atoms with Gasteiger partial charge in [0.2, 0.25) is 0 Å². The normalized spacial score (nSPS) is 23.1. The number of hydrogen-bond donors (Lipinski definition) is 0. The summed E-state index contributed by atoms with van der Waals surface area (Å²) in [7, 11) is 0. The summed E-state index contributed by atoms with van der Waals surface area (Å²) in [6.45, 7) is 8.75. The van der Waals surface area contributed by atoms with E-state index in [-0.39, 0.29) is 12.5 Å². The molecule has 4 rings (SSSR count). The summed E-state index contributed by atoms with van der Waals surface area (Å²) in [5.41, 5.74) is 1.59. The van der Waals surface area contributed by atoms with Crippen molar-refractivity contribution in [3.05, 3.63) is 24.3 Å². The number of amides is 1. The van der Waals surface area contributed by atoms with Gasteiger partial charge < -0.3 is 19.3 Å². The Labute approximate surface area is 165 Å². The lowest BCUT2D eigenvalue weighted by atomic mass is 9.92. The van der Waals surface area contributed by atoms with Gasteiger partial charge in [0.05, 0.1) is 24.2 Å². The maximum absolute atomic E-state index is 12.7. The van der Waals surface area contributed by atoms with Gasteiger partial charge in [-0.15, -0.1) is 0 Å². The average molecular weight is 384 g/mol. The molecule has 150 valence electrons. The van der Waals surface area contributed by atoms with E-state index in [9.17, 15) is 4.79 Å². The van der Waals surface area contributed by atoms with Gasteiger partial charge in [-0.2, -0.15) is 0 Å². The molecule has 0 bridgehead atoms. The van der Waals surface area contributed by atoms with Crippen molar-refractivity contribution in [3.63, 3.8) is 0 Å². The maximum atomic E-state index is 12.7. The van der Waals surface area contributed by atoms with Gasteiger partial charge in [-0.1, -0.05) is 26.0 Å². The fourth-order valence-electron chi connectivity index (χ4n) is 4.14. The molecule has 2 aromatic rings. The van der Waals surface area contributed by atoms with Crippen LogP contribution in [0.4, 0.5) is 5.82 Å². The van der Waals surface area contributed by atoms with Crippen LogP contribution in [0.25, 0.3) is 11.0 Å². The van der Waals surface area contributed by atoms with Gasteiger partial charge in [0.25, 0.3) is 11.8 Å². The second kappa shape index (κ2) is 8.31. The number of nitrogens with zero attached hydrogens (tertiary/aromatic N) is 4. The molecule has 3 heterocycles. The van der Waals surface area contributed by atoms with Crippen LogP contribution >= 0.6 is 0 Å². The van der Waals surface area contributed by atoms with Gasteiger partial charge in [-0.05, 0) is 30.4 Å². The predicted octanol–water partition coefficient (Wildman–Crippen LogP) is 2.35. The van der Waals surface area contributed by atoms with E-state index in [1.165, 1.54) is 6.42 Å². The number of rotatable bonds is 4. The number of aromatic nitrogens is 2. The van der Waals surface area contributed by atoms with Crippen molar-refractivity contribution in [2.24, 2.45) is 11.8 Å². The van der Waals surface area contributed by atoms with Gasteiger partial charge in [0, 0.05) is 26.2 Å². The van der Waals surface area contributed by atoms with E-state index in [1.54, 1.807) is 0 Å². The Morgan fingerprint density at radius 2 is 1.75 bits per heavy atom. The second-order valence-corrected chi connectivity index (χ2v) is 7.97. The fraction of sp³-hybridized carbons (Fsp3) is 0.571. The number of anilines is 1. The first kappa shape index (κ1) is 18.9. The molecule has 7 nitrogen and oxygen atoms in total. The molecule has 2 saturated heterocycles. The van der Waals surface area contributed by atoms with Crippen LogP contribution in [0.3, 0.4) is 0 Å². The largest absolute Gasteiger partial charge is 0.465 e. The molecule has 2 fully saturated rings. The van der Waals surface area contributed by atoms with E-state index >= 15 is 0 Å². The van der Waals surface area contributed by atoms with Gasteiger partial charge in [-0.3, -0.25) is 4.79 Å². The highest BCUT2D eigenvalue weighted by atomic mass is 16.5. The molecule has 0 N–H and O–H groups in total. The molecular weight excluding hydrogens is 356 g/mol. The Morgan fingerprint density at radius 1 is 1.11 bits per heavy atom. The van der Waals surface area contributed by atoms with Crippen LogP contribution in [0.5, 0.6) is 5.88 Å². The first-order valence-electron chi connectivity index (χ1n) is 10.1. The molecule has 0 saturated carbocycles. The lowest BCUT2D eigenvalue weighted by Crippen LogP contribution is -2.44. The van der Waals surface area contributed by atoms with Crippen molar-refractivity contribution in [1.82, 2.24) is 14.9 Å². The number of fused-ring (bicyclic) bond motifs is 1. The van der Waals surface area contributed by atoms with Crippen molar-refractivity contribution >= 4 is 22.8 Å². The van der Waals surface area contributed by atoms with E-state index < -0.39 is 0 Å². The quantitative estimate of drug-likeness (QED) is 0.806. The number of para-hydroxylation sites is 2. The van der Waals surface area contributed by atoms with Crippen LogP contribution in [-0.4, -0.2) is 66.8 Å². The Morgan fingerprint density at radius 3 is 2.43 bits per heavy atom. The average Bonchev–Trinajstić information content (AvgIpc) is 2.71. The third-order valence-electron chi connectivity index (χ3n) is 5.39. The molecule has 1 amide bonds. The molecule has 2 atom stereocenters. The first-order valence-corrected chi connectivity index (χ1v) is 10.1. The molecule has 2 aliphatic heterocycles. The fourth-order valence-corrected chi connectivity index (χ4v) is 4.14. The third-order valence-corrected chi connectivity index (χ3v) is 5.39. The number of morpholine rings is 1. The number of benzene rings is 1. The minimum atomic E-state index is -0.0101. The molecule has 1 aromatic carbocycles. The summed E-state index contributed by atoms with van der Waals surface area (Å²) < 4.78 is 11.4. The van der Waals surface area contributed by atoms with Crippen LogP contribution in [0.15, 0.2) is 24.3 Å². The third kappa shape index (κ3) is 4.19. The zero-order valence-electron chi connectivity index (χ0n) is 16.6. The van der Waals surface area contributed by atoms with Crippen LogP contribution in [0, 0.1) is 11.8 Å². The monoisotopic (exact) mass is 384 g/mol. The summed E-state index contributed by atoms with van der Waals surface area (Å²) >= 11 is 0. The Kier molecular flexibility index (Phi) is 5.62. The van der Waals surface area contributed by atoms with Gasteiger partial charge in [0.1, 0.15) is 0 Å². The number of hydrogen-bond acceptors (Lipinski definition) is 6. The molecule has 0 spiro atoms. The van der Waals surface area contributed by atoms with Crippen molar-refractivity contribution in [2.45, 2.75) is 20.3 Å². The molecule has 2 aliphatic rings. The van der Waals surface area contributed by atoms with Crippen LogP contribution < -0.4 is 9.64 Å². The highest BCUT2D eigenvalue weighted by molar-refractivity contribution is 5.79. The molecule has 0 radical (unpaired) electrons. The predicted molar refractivity (Wildman–Crippen MR) is 108 cm³/mol. The molecular formula is C21H28N4O3. The summed E-state index contributed by atoms with van der Waals surface area (Å²) in [5.74, 6) is 2.18. The number of carbonyl (C=O) groups excluding carboxylic acids is 1. The lowest BCUT2D eigenvalue weighted by molar-refractivity contribution is -0.136. The highest BCUT2D eigenvalue weighted by Gasteiger charge is 2.26. The van der Waals surface area contributed by atoms with Crippen molar-refractivity contribution in [1.29, 1.82) is 0 Å². The standard InChI is InChI=1S/C21H28N4O3/c1-15-11-16(2)13-25(12-15)19(26)14-28-21-20(24-7-9-27-10-8-24)22-17-5-3-4-6-18(17)23-21/h3-6,15-16H,7-14H2,1-2H3/t15-,16-/m0/s1. The van der Waals surface area contributed by atoms with Crippen molar-refractivity contribution in [2.75, 3.05) is 50.9 Å². The van der Waals surface area contributed by atoms with E-state index in [0.29, 0.717) is 36.7 Å². The first-order chi connectivity index (χ1) is 13.6. The summed E-state index contributed by atoms with van der Waals surface area (Å²) in [6.07, 6.45) is 1.17. The smallest absolute Gasteiger partial charge is 0.260 e. The van der Waals surface area contributed by atoms with Crippen LogP contribution in [-0.2, 0) is 9.53 Å². The Balaban J connectivity index is 1.54. The van der Waals surface area contributed by atoms with Gasteiger partial charge >= 0.3 is 0 Å². The van der Waals surface area contributed by atoms with Gasteiger partial charge in [0.15, 0.2) is 12.4 Å². The summed E-state index contributed by atoms with van der Waals surface area (Å²) in [5, 5.41) is 0. The summed E-state index contributed by atoms with van der Waals surface area (Å²) in [4.78, 5) is 26.2. The van der Waals surface area contributed by atoms with Crippen LogP contribution in [0.2, 0.25) is 0 Å². The van der Waals surface area contributed by atoms with Crippen molar-refractivity contribution < 1.29 is 14.3 Å². The molecule has 28 heavy (non-hydrogen) atoms. The second-order valence-electron chi connectivity index (χ2n) is 7.97. The van der Waals surface area contributed by atoms with Crippen LogP contribution in [0.1, 0.15) is 20.3 Å². The van der Waals surface area contributed by atoms with E-state index in [1.807, 2.05) is 29.2 Å². The molecule has 0 aliphatic carbocycles. The van der Waals surface area contributed by atoms with Crippen molar-refractivity contribution in [3.8, 4) is 5.88 Å². The number of piperidine rings is 1. The Hall–Kier alpha value is -2.41. The van der Waals surface area contributed by atoms with Gasteiger partial charge in [-0.25, -0.2) is 9.97 Å². The Bertz CT molecular complexity index is 828. The minimum absolute atomic E-state index is 0.0101. The molecule has 7 heteroatoms. The lowest BCUT2D eigenvalue weighted by Gasteiger charge is -2.35. The maximum Gasteiger partial charge on any atom is 0.260 e. The summed E-state index contributed by atoms with van der Waals surface area (Å²) in [6, 6.07) is 7.73. The minimum Gasteiger partial charge on any atom is -0.465 e.